The number of hydrogen-bond acceptors (Lipinski definition) is 6. The van der Waals surface area contributed by atoms with Crippen molar-refractivity contribution < 1.29 is 28.2 Å². The van der Waals surface area contributed by atoms with E-state index < -0.39 is 16.0 Å². The van der Waals surface area contributed by atoms with Gasteiger partial charge in [0.1, 0.15) is 12.4 Å². The topological polar surface area (TPSA) is 132 Å². The number of carboxylic acids is 1. The Bertz CT molecular complexity index is 1270. The summed E-state index contributed by atoms with van der Waals surface area (Å²) >= 11 is 0. The standard InChI is InChI=1S/C23H27N3O6S/c1-16-18(9-10-23(28)29)19-8-7-17(15-21(19)24-16)32-14-12-26(11-13-27)22-6-4-3-5-20(22)25-33(2,30)31/h3-10,15,24-25,27H,11-14H2,1-2H3,(H,28,29)/b10-9+. The maximum Gasteiger partial charge on any atom is 0.328 e. The first-order valence-corrected chi connectivity index (χ1v) is 12.2. The molecule has 33 heavy (non-hydrogen) atoms. The number of nitrogens with one attached hydrogen (secondary N) is 2. The minimum Gasteiger partial charge on any atom is -0.492 e. The van der Waals surface area contributed by atoms with Crippen LogP contribution in [0.3, 0.4) is 0 Å². The number of ether oxygens (including phenoxy) is 1. The Labute approximate surface area is 192 Å². The van der Waals surface area contributed by atoms with E-state index in [2.05, 4.69) is 9.71 Å². The van der Waals surface area contributed by atoms with E-state index in [-0.39, 0.29) is 6.61 Å². The number of aliphatic hydroxyl groups excluding tert-OH is 1. The molecule has 9 nitrogen and oxygen atoms in total. The monoisotopic (exact) mass is 473 g/mol. The van der Waals surface area contributed by atoms with Gasteiger partial charge < -0.3 is 24.8 Å². The molecular weight excluding hydrogens is 446 g/mol. The van der Waals surface area contributed by atoms with E-state index in [0.717, 1.165) is 34.5 Å². The van der Waals surface area contributed by atoms with Crippen LogP contribution in [-0.2, 0) is 14.8 Å². The number of carbonyl (C=O) groups is 1. The minimum atomic E-state index is -3.45. The fourth-order valence-electron chi connectivity index (χ4n) is 3.57. The maximum absolute atomic E-state index is 11.7. The summed E-state index contributed by atoms with van der Waals surface area (Å²) in [5.74, 6) is -0.381. The number of benzene rings is 2. The van der Waals surface area contributed by atoms with Gasteiger partial charge in [0.05, 0.1) is 30.8 Å². The Morgan fingerprint density at radius 2 is 1.97 bits per heavy atom. The van der Waals surface area contributed by atoms with Gasteiger partial charge in [-0.1, -0.05) is 12.1 Å². The van der Waals surface area contributed by atoms with Gasteiger partial charge in [-0.15, -0.1) is 0 Å². The van der Waals surface area contributed by atoms with Crippen LogP contribution in [-0.4, -0.2) is 62.1 Å². The predicted molar refractivity (Wildman–Crippen MR) is 129 cm³/mol. The molecule has 1 aromatic heterocycles. The van der Waals surface area contributed by atoms with E-state index in [1.54, 1.807) is 30.3 Å². The van der Waals surface area contributed by atoms with Crippen molar-refractivity contribution in [3.8, 4) is 5.75 Å². The van der Waals surface area contributed by atoms with Gasteiger partial charge >= 0.3 is 5.97 Å². The smallest absolute Gasteiger partial charge is 0.328 e. The number of aromatic amines is 1. The van der Waals surface area contributed by atoms with Crippen molar-refractivity contribution in [3.63, 3.8) is 0 Å². The molecule has 0 aliphatic rings. The number of sulfonamides is 1. The predicted octanol–water partition coefficient (Wildman–Crippen LogP) is 2.82. The third-order valence-electron chi connectivity index (χ3n) is 4.94. The number of rotatable bonds is 11. The molecule has 0 spiro atoms. The highest BCUT2D eigenvalue weighted by atomic mass is 32.2. The van der Waals surface area contributed by atoms with Gasteiger partial charge in [0, 0.05) is 40.8 Å². The average molecular weight is 474 g/mol. The lowest BCUT2D eigenvalue weighted by molar-refractivity contribution is -0.131. The lowest BCUT2D eigenvalue weighted by Crippen LogP contribution is -2.32. The van der Waals surface area contributed by atoms with Gasteiger partial charge in [0.25, 0.3) is 0 Å². The SMILES string of the molecule is Cc1[nH]c2cc(OCCN(CCO)c3ccccc3NS(C)(=O)=O)ccc2c1/C=C/C(=O)O. The Hall–Kier alpha value is -3.50. The second-order valence-corrected chi connectivity index (χ2v) is 9.24. The van der Waals surface area contributed by atoms with Gasteiger partial charge in [-0.25, -0.2) is 13.2 Å². The summed E-state index contributed by atoms with van der Waals surface area (Å²) in [6.45, 7) is 2.78. The van der Waals surface area contributed by atoms with Crippen molar-refractivity contribution in [2.75, 3.05) is 42.2 Å². The molecule has 0 bridgehead atoms. The summed E-state index contributed by atoms with van der Waals surface area (Å²) in [5, 5.41) is 19.3. The summed E-state index contributed by atoms with van der Waals surface area (Å²) in [6, 6.07) is 12.5. The molecular formula is C23H27N3O6S. The molecule has 0 amide bonds. The Kier molecular flexibility index (Phi) is 7.62. The molecule has 3 aromatic rings. The van der Waals surface area contributed by atoms with Crippen molar-refractivity contribution in [2.45, 2.75) is 6.92 Å². The minimum absolute atomic E-state index is 0.104. The van der Waals surface area contributed by atoms with Crippen LogP contribution in [0.5, 0.6) is 5.75 Å². The van der Waals surface area contributed by atoms with Crippen LogP contribution in [0.25, 0.3) is 17.0 Å². The van der Waals surface area contributed by atoms with Crippen molar-refractivity contribution in [1.82, 2.24) is 4.98 Å². The van der Waals surface area contributed by atoms with E-state index in [1.165, 1.54) is 0 Å². The molecule has 1 heterocycles. The number of aromatic nitrogens is 1. The zero-order valence-corrected chi connectivity index (χ0v) is 19.2. The number of anilines is 2. The number of aliphatic hydroxyl groups is 1. The Balaban J connectivity index is 1.73. The molecule has 176 valence electrons. The van der Waals surface area contributed by atoms with E-state index in [9.17, 15) is 18.3 Å². The lowest BCUT2D eigenvalue weighted by Gasteiger charge is -2.26. The van der Waals surface area contributed by atoms with E-state index >= 15 is 0 Å². The first-order chi connectivity index (χ1) is 15.7. The number of aryl methyl sites for hydroxylation is 1. The quantitative estimate of drug-likeness (QED) is 0.315. The van der Waals surface area contributed by atoms with Crippen LogP contribution < -0.4 is 14.4 Å². The number of hydrogen-bond donors (Lipinski definition) is 4. The van der Waals surface area contributed by atoms with Crippen LogP contribution in [0.15, 0.2) is 48.5 Å². The fourth-order valence-corrected chi connectivity index (χ4v) is 4.15. The van der Waals surface area contributed by atoms with Gasteiger partial charge in [-0.3, -0.25) is 4.72 Å². The third-order valence-corrected chi connectivity index (χ3v) is 5.53. The van der Waals surface area contributed by atoms with Crippen molar-refractivity contribution >= 4 is 44.3 Å². The fraction of sp³-hybridized carbons (Fsp3) is 0.261. The first kappa shape index (κ1) is 24.1. The van der Waals surface area contributed by atoms with Gasteiger partial charge in [-0.05, 0) is 37.3 Å². The molecule has 3 rings (SSSR count). The van der Waals surface area contributed by atoms with Crippen LogP contribution in [0.1, 0.15) is 11.3 Å². The van der Waals surface area contributed by atoms with Gasteiger partial charge in [0.2, 0.25) is 10.0 Å². The molecule has 0 saturated carbocycles. The zero-order chi connectivity index (χ0) is 24.0. The molecule has 0 aliphatic carbocycles. The van der Waals surface area contributed by atoms with Gasteiger partial charge in [0.15, 0.2) is 0 Å². The molecule has 0 unspecified atom stereocenters. The Morgan fingerprint density at radius 3 is 2.67 bits per heavy atom. The second kappa shape index (κ2) is 10.4. The third kappa shape index (κ3) is 6.50. The molecule has 4 N–H and O–H groups in total. The van der Waals surface area contributed by atoms with E-state index in [0.29, 0.717) is 36.8 Å². The van der Waals surface area contributed by atoms with Crippen molar-refractivity contribution in [2.24, 2.45) is 0 Å². The Morgan fingerprint density at radius 1 is 1.21 bits per heavy atom. The van der Waals surface area contributed by atoms with Crippen LogP contribution >= 0.6 is 0 Å². The molecule has 10 heteroatoms. The number of aliphatic carboxylic acids is 1. The highest BCUT2D eigenvalue weighted by molar-refractivity contribution is 7.92. The molecule has 0 atom stereocenters. The molecule has 0 aliphatic heterocycles. The van der Waals surface area contributed by atoms with Crippen LogP contribution in [0.2, 0.25) is 0 Å². The molecule has 0 radical (unpaired) electrons. The number of para-hydroxylation sites is 2. The normalized spacial score (nSPS) is 11.7. The van der Waals surface area contributed by atoms with Crippen LogP contribution in [0.4, 0.5) is 11.4 Å². The molecule has 0 saturated heterocycles. The number of nitrogens with zero attached hydrogens (tertiary/aromatic N) is 1. The summed E-state index contributed by atoms with van der Waals surface area (Å²) < 4.78 is 31.8. The summed E-state index contributed by atoms with van der Waals surface area (Å²) in [6.07, 6.45) is 3.75. The lowest BCUT2D eigenvalue weighted by atomic mass is 10.1. The maximum atomic E-state index is 11.7. The molecule has 2 aromatic carbocycles. The van der Waals surface area contributed by atoms with Crippen LogP contribution in [0, 0.1) is 6.92 Å². The summed E-state index contributed by atoms with van der Waals surface area (Å²) in [5.41, 5.74) is 3.56. The van der Waals surface area contributed by atoms with Crippen molar-refractivity contribution in [1.29, 1.82) is 0 Å². The summed E-state index contributed by atoms with van der Waals surface area (Å²) in [4.78, 5) is 15.9. The number of carboxylic acid groups (broad SMARTS) is 1. The zero-order valence-electron chi connectivity index (χ0n) is 18.4. The highest BCUT2D eigenvalue weighted by Gasteiger charge is 2.14. The van der Waals surface area contributed by atoms with E-state index in [1.807, 2.05) is 30.0 Å². The largest absolute Gasteiger partial charge is 0.492 e. The highest BCUT2D eigenvalue weighted by Crippen LogP contribution is 2.28. The first-order valence-electron chi connectivity index (χ1n) is 10.3. The second-order valence-electron chi connectivity index (χ2n) is 7.49. The molecule has 0 fully saturated rings. The van der Waals surface area contributed by atoms with Gasteiger partial charge in [-0.2, -0.15) is 0 Å². The van der Waals surface area contributed by atoms with E-state index in [4.69, 9.17) is 9.84 Å². The number of H-pyrrole nitrogens is 1. The number of fused-ring (bicyclic) bond motifs is 1. The summed E-state index contributed by atoms with van der Waals surface area (Å²) in [7, 11) is -3.45. The van der Waals surface area contributed by atoms with Crippen molar-refractivity contribution in [3.05, 3.63) is 59.8 Å². The average Bonchev–Trinajstić information content (AvgIpc) is 3.05.